The van der Waals surface area contributed by atoms with Gasteiger partial charge in [0.15, 0.2) is 0 Å². The van der Waals surface area contributed by atoms with Gasteiger partial charge >= 0.3 is 0 Å². The van der Waals surface area contributed by atoms with E-state index in [1.165, 1.54) is 88.1 Å². The van der Waals surface area contributed by atoms with Gasteiger partial charge in [-0.3, -0.25) is 0 Å². The monoisotopic (exact) mass is 843 g/mol. The summed E-state index contributed by atoms with van der Waals surface area (Å²) in [6.07, 6.45) is 0. The van der Waals surface area contributed by atoms with Gasteiger partial charge in [0.2, 0.25) is 0 Å². The normalized spacial score (nSPS) is 12.8. The SMILES string of the molecule is CC1(C)c2ccccc2-c2ccc(N(c3ccc(-c4ccccc4)cc3)c3ccc(-c4cc5c6ccccc6n(-c6ccccc6)c5c5c4c4ccccc4n5-c4ccccc4)cc3)cc21. The van der Waals surface area contributed by atoms with Crippen LogP contribution in [-0.4, -0.2) is 9.13 Å². The van der Waals surface area contributed by atoms with E-state index < -0.39 is 0 Å². The molecule has 2 aromatic heterocycles. The predicted molar refractivity (Wildman–Crippen MR) is 278 cm³/mol. The van der Waals surface area contributed by atoms with Crippen molar-refractivity contribution >= 4 is 60.7 Å². The van der Waals surface area contributed by atoms with Crippen molar-refractivity contribution in [1.29, 1.82) is 0 Å². The van der Waals surface area contributed by atoms with Crippen LogP contribution in [0.2, 0.25) is 0 Å². The van der Waals surface area contributed by atoms with Crippen LogP contribution < -0.4 is 4.90 Å². The molecule has 0 amide bonds. The minimum Gasteiger partial charge on any atom is -0.310 e. The Morgan fingerprint density at radius 3 is 1.48 bits per heavy atom. The summed E-state index contributed by atoms with van der Waals surface area (Å²) in [5, 5.41) is 4.92. The zero-order valence-electron chi connectivity index (χ0n) is 36.9. The van der Waals surface area contributed by atoms with Crippen molar-refractivity contribution < 1.29 is 0 Å². The van der Waals surface area contributed by atoms with E-state index in [1.807, 2.05) is 0 Å². The van der Waals surface area contributed by atoms with Crippen LogP contribution in [0.25, 0.3) is 88.4 Å². The minimum absolute atomic E-state index is 0.124. The van der Waals surface area contributed by atoms with Crippen molar-refractivity contribution in [1.82, 2.24) is 9.13 Å². The number of para-hydroxylation sites is 4. The van der Waals surface area contributed by atoms with Gasteiger partial charge in [0.25, 0.3) is 0 Å². The lowest BCUT2D eigenvalue weighted by Gasteiger charge is -2.28. The number of anilines is 3. The molecule has 0 bridgehead atoms. The van der Waals surface area contributed by atoms with Crippen molar-refractivity contribution in [2.45, 2.75) is 19.3 Å². The molecule has 0 saturated carbocycles. The second-order valence-electron chi connectivity index (χ2n) is 18.1. The number of benzene rings is 10. The fourth-order valence-corrected chi connectivity index (χ4v) is 11.0. The predicted octanol–water partition coefficient (Wildman–Crippen LogP) is 17.0. The molecule has 0 saturated heterocycles. The van der Waals surface area contributed by atoms with E-state index in [0.717, 1.165) is 28.4 Å². The first kappa shape index (κ1) is 38.1. The van der Waals surface area contributed by atoms with E-state index >= 15 is 0 Å². The van der Waals surface area contributed by atoms with E-state index in [4.69, 9.17) is 0 Å². The standard InChI is InChI=1S/C63H45N3/c1-63(2)56-27-15-12-24-50(56)51-39-38-49(40-57(51)63)64(47-34-30-43(31-35-47)42-18-6-3-7-19-42)48-36-32-44(33-37-48)54-41-55-52-25-13-16-28-58(52)65(45-20-8-4-9-21-45)61(55)62-60(54)53-26-14-17-29-59(53)66(62)46-22-10-5-11-23-46/h3-41H,1-2H3. The Bertz CT molecular complexity index is 3800. The molecule has 0 fully saturated rings. The lowest BCUT2D eigenvalue weighted by molar-refractivity contribution is 0.660. The molecule has 0 aliphatic heterocycles. The molecule has 3 nitrogen and oxygen atoms in total. The van der Waals surface area contributed by atoms with Gasteiger partial charge in [-0.2, -0.15) is 0 Å². The summed E-state index contributed by atoms with van der Waals surface area (Å²) in [4.78, 5) is 2.42. The summed E-state index contributed by atoms with van der Waals surface area (Å²) in [7, 11) is 0. The first-order valence-corrected chi connectivity index (χ1v) is 22.9. The molecule has 10 aromatic carbocycles. The molecule has 0 N–H and O–H groups in total. The average molecular weight is 844 g/mol. The van der Waals surface area contributed by atoms with Gasteiger partial charge in [-0.25, -0.2) is 0 Å². The van der Waals surface area contributed by atoms with Crippen LogP contribution in [0.4, 0.5) is 17.1 Å². The van der Waals surface area contributed by atoms with Crippen molar-refractivity contribution in [2.24, 2.45) is 0 Å². The van der Waals surface area contributed by atoms with Gasteiger partial charge in [0, 0.05) is 55.4 Å². The third-order valence-electron chi connectivity index (χ3n) is 14.1. The zero-order valence-corrected chi connectivity index (χ0v) is 36.9. The van der Waals surface area contributed by atoms with E-state index in [1.54, 1.807) is 0 Å². The summed E-state index contributed by atoms with van der Waals surface area (Å²) in [6, 6.07) is 86.8. The van der Waals surface area contributed by atoms with Crippen molar-refractivity contribution in [3.8, 4) is 44.8 Å². The summed E-state index contributed by atoms with van der Waals surface area (Å²) >= 11 is 0. The Labute approximate surface area is 384 Å². The van der Waals surface area contributed by atoms with Crippen LogP contribution in [0, 0.1) is 0 Å². The second kappa shape index (κ2) is 14.8. The van der Waals surface area contributed by atoms with Crippen LogP contribution >= 0.6 is 0 Å². The van der Waals surface area contributed by atoms with Crippen LogP contribution in [0.1, 0.15) is 25.0 Å². The van der Waals surface area contributed by atoms with Gasteiger partial charge in [0.1, 0.15) is 0 Å². The number of hydrogen-bond acceptors (Lipinski definition) is 1. The Morgan fingerprint density at radius 1 is 0.333 bits per heavy atom. The van der Waals surface area contributed by atoms with Gasteiger partial charge in [0.05, 0.1) is 22.1 Å². The van der Waals surface area contributed by atoms with E-state index in [0.29, 0.717) is 0 Å². The zero-order chi connectivity index (χ0) is 43.9. The highest BCUT2D eigenvalue weighted by Crippen LogP contribution is 2.51. The third kappa shape index (κ3) is 5.76. The van der Waals surface area contributed by atoms with Crippen LogP contribution in [0.3, 0.4) is 0 Å². The number of fused-ring (bicyclic) bond motifs is 10. The van der Waals surface area contributed by atoms with Gasteiger partial charge in [-0.05, 0) is 123 Å². The highest BCUT2D eigenvalue weighted by Gasteiger charge is 2.36. The maximum absolute atomic E-state index is 2.48. The average Bonchev–Trinajstić information content (AvgIpc) is 3.98. The van der Waals surface area contributed by atoms with Crippen LogP contribution in [0.5, 0.6) is 0 Å². The first-order valence-electron chi connectivity index (χ1n) is 22.9. The lowest BCUT2D eigenvalue weighted by atomic mass is 9.82. The summed E-state index contributed by atoms with van der Waals surface area (Å²) in [5.41, 5.74) is 20.4. The van der Waals surface area contributed by atoms with E-state index in [2.05, 4.69) is 264 Å². The fourth-order valence-electron chi connectivity index (χ4n) is 11.0. The molecule has 0 atom stereocenters. The first-order chi connectivity index (χ1) is 32.5. The van der Waals surface area contributed by atoms with Gasteiger partial charge < -0.3 is 14.0 Å². The molecular weight excluding hydrogens is 799 g/mol. The summed E-state index contributed by atoms with van der Waals surface area (Å²) in [5.74, 6) is 0. The topological polar surface area (TPSA) is 13.1 Å². The van der Waals surface area contributed by atoms with E-state index in [9.17, 15) is 0 Å². The molecule has 12 aromatic rings. The molecule has 66 heavy (non-hydrogen) atoms. The molecule has 312 valence electrons. The fraction of sp³-hybridized carbons (Fsp3) is 0.0476. The van der Waals surface area contributed by atoms with Crippen LogP contribution in [0.15, 0.2) is 237 Å². The Kier molecular flexibility index (Phi) is 8.56. The van der Waals surface area contributed by atoms with Crippen molar-refractivity contribution in [2.75, 3.05) is 4.90 Å². The summed E-state index contributed by atoms with van der Waals surface area (Å²) < 4.78 is 4.95. The number of rotatable bonds is 7. The van der Waals surface area contributed by atoms with Gasteiger partial charge in [-0.1, -0.05) is 172 Å². The Hall–Kier alpha value is -8.40. The van der Waals surface area contributed by atoms with Gasteiger partial charge in [-0.15, -0.1) is 0 Å². The quantitative estimate of drug-likeness (QED) is 0.156. The largest absolute Gasteiger partial charge is 0.310 e. The molecular formula is C63H45N3. The highest BCUT2D eigenvalue weighted by atomic mass is 15.1. The lowest BCUT2D eigenvalue weighted by Crippen LogP contribution is -2.16. The molecule has 2 heterocycles. The molecule has 0 unspecified atom stereocenters. The highest BCUT2D eigenvalue weighted by molar-refractivity contribution is 6.28. The maximum atomic E-state index is 2.48. The molecule has 1 aliphatic rings. The molecule has 1 aliphatic carbocycles. The second-order valence-corrected chi connectivity index (χ2v) is 18.1. The third-order valence-corrected chi connectivity index (χ3v) is 14.1. The maximum Gasteiger partial charge on any atom is 0.0795 e. The molecule has 0 radical (unpaired) electrons. The Balaban J connectivity index is 1.04. The number of hydrogen-bond donors (Lipinski definition) is 0. The van der Waals surface area contributed by atoms with Crippen molar-refractivity contribution in [3.63, 3.8) is 0 Å². The van der Waals surface area contributed by atoms with Crippen molar-refractivity contribution in [3.05, 3.63) is 248 Å². The smallest absolute Gasteiger partial charge is 0.0795 e. The summed E-state index contributed by atoms with van der Waals surface area (Å²) in [6.45, 7) is 4.72. The molecule has 3 heteroatoms. The number of nitrogens with zero attached hydrogens (tertiary/aromatic N) is 3. The molecule has 0 spiro atoms. The number of aromatic nitrogens is 2. The minimum atomic E-state index is -0.124. The Morgan fingerprint density at radius 2 is 0.818 bits per heavy atom. The molecule has 13 rings (SSSR count). The van der Waals surface area contributed by atoms with Crippen LogP contribution in [-0.2, 0) is 5.41 Å². The van der Waals surface area contributed by atoms with E-state index in [-0.39, 0.29) is 5.41 Å².